The van der Waals surface area contributed by atoms with Crippen LogP contribution in [0.5, 0.6) is 11.5 Å². The third kappa shape index (κ3) is 12.4. The Bertz CT molecular complexity index is 1970. The molecule has 4 amide bonds. The molecule has 2 aliphatic rings. The Labute approximate surface area is 331 Å². The van der Waals surface area contributed by atoms with E-state index in [2.05, 4.69) is 64.3 Å². The molecule has 0 bridgehead atoms. The summed E-state index contributed by atoms with van der Waals surface area (Å²) < 4.78 is 58.9. The molecule has 2 aromatic carbocycles. The van der Waals surface area contributed by atoms with Gasteiger partial charge in [0.05, 0.1) is 12.4 Å². The maximum Gasteiger partial charge on any atom is 0.323 e. The monoisotopic (exact) mass is 810 g/mol. The molecule has 0 atom stereocenters. The summed E-state index contributed by atoms with van der Waals surface area (Å²) in [5, 5.41) is 14.8. The molecule has 2 aliphatic heterocycles. The lowest BCUT2D eigenvalue weighted by molar-refractivity contribution is 0.142. The number of aromatic hydroxyl groups is 1. The fraction of sp³-hybridized carbons (Fsp3) is 0.400. The highest BCUT2D eigenvalue weighted by Crippen LogP contribution is 2.37. The number of urea groups is 2. The number of benzene rings is 2. The van der Waals surface area contributed by atoms with Gasteiger partial charge in [-0.1, -0.05) is 32.9 Å². The SMILES string of the molecule is CC(C)(C)[Si](C)(C)Oc1ccc(NC(=O)N2CCN(Cc3ccc(F)c(F)c3)CC2)nc1.O=C(Nc1ccc(O)cn1)N1CCN(Cc2ccc(F)c(F)c2)CC1. The number of nitrogens with zero attached hydrogens (tertiary/aromatic N) is 6. The van der Waals surface area contributed by atoms with E-state index in [0.717, 1.165) is 12.1 Å². The number of piperazine rings is 2. The Morgan fingerprint density at radius 1 is 0.667 bits per heavy atom. The number of nitrogens with one attached hydrogen (secondary N) is 2. The summed E-state index contributed by atoms with van der Waals surface area (Å²) in [5.74, 6) is -1.81. The summed E-state index contributed by atoms with van der Waals surface area (Å²) in [7, 11) is -1.94. The van der Waals surface area contributed by atoms with Gasteiger partial charge in [-0.2, -0.15) is 0 Å². The molecular formula is C40H50F4N8O4Si. The molecule has 0 unspecified atom stereocenters. The predicted molar refractivity (Wildman–Crippen MR) is 212 cm³/mol. The van der Waals surface area contributed by atoms with Gasteiger partial charge < -0.3 is 19.3 Å². The predicted octanol–water partition coefficient (Wildman–Crippen LogP) is 7.51. The first-order valence-electron chi connectivity index (χ1n) is 18.7. The van der Waals surface area contributed by atoms with Crippen molar-refractivity contribution >= 4 is 32.0 Å². The second-order valence-electron chi connectivity index (χ2n) is 15.5. The van der Waals surface area contributed by atoms with Crippen molar-refractivity contribution in [3.05, 3.63) is 107 Å². The molecule has 2 saturated heterocycles. The lowest BCUT2D eigenvalue weighted by atomic mass is 10.2. The van der Waals surface area contributed by atoms with Crippen LogP contribution in [-0.2, 0) is 13.1 Å². The number of halogens is 4. The van der Waals surface area contributed by atoms with E-state index >= 15 is 0 Å². The van der Waals surface area contributed by atoms with Crippen molar-refractivity contribution in [2.24, 2.45) is 0 Å². The molecule has 3 N–H and O–H groups in total. The molecular weight excluding hydrogens is 761 g/mol. The van der Waals surface area contributed by atoms with Gasteiger partial charge in [-0.3, -0.25) is 20.4 Å². The van der Waals surface area contributed by atoms with Crippen molar-refractivity contribution in [1.29, 1.82) is 0 Å². The number of rotatable bonds is 8. The molecule has 4 heterocycles. The molecule has 0 radical (unpaired) electrons. The number of carbonyl (C=O) groups excluding carboxylic acids is 2. The second kappa shape index (κ2) is 18.8. The maximum absolute atomic E-state index is 13.4. The van der Waals surface area contributed by atoms with Gasteiger partial charge in [0.25, 0.3) is 8.32 Å². The maximum atomic E-state index is 13.4. The molecule has 0 saturated carbocycles. The zero-order chi connectivity index (χ0) is 41.3. The summed E-state index contributed by atoms with van der Waals surface area (Å²) in [5.41, 5.74) is 1.41. The Morgan fingerprint density at radius 2 is 1.11 bits per heavy atom. The molecule has 4 aromatic rings. The highest BCUT2D eigenvalue weighted by molar-refractivity contribution is 6.74. The number of hydrogen-bond donors (Lipinski definition) is 3. The fourth-order valence-electron chi connectivity index (χ4n) is 5.81. The number of amides is 4. The van der Waals surface area contributed by atoms with Crippen LogP contribution in [0.1, 0.15) is 31.9 Å². The largest absolute Gasteiger partial charge is 0.542 e. The summed E-state index contributed by atoms with van der Waals surface area (Å²) in [6, 6.07) is 13.9. The number of pyridine rings is 2. The Morgan fingerprint density at radius 3 is 1.47 bits per heavy atom. The molecule has 2 fully saturated rings. The number of carbonyl (C=O) groups is 2. The molecule has 6 rings (SSSR count). The van der Waals surface area contributed by atoms with Gasteiger partial charge >= 0.3 is 12.1 Å². The normalized spacial score (nSPS) is 15.4. The minimum absolute atomic E-state index is 0.0313. The Balaban J connectivity index is 0.000000224. The highest BCUT2D eigenvalue weighted by atomic mass is 28.4. The van der Waals surface area contributed by atoms with Crippen molar-refractivity contribution in [3.8, 4) is 11.5 Å². The first kappa shape index (κ1) is 42.9. The third-order valence-electron chi connectivity index (χ3n) is 10.2. The van der Waals surface area contributed by atoms with Crippen molar-refractivity contribution in [3.63, 3.8) is 0 Å². The van der Waals surface area contributed by atoms with Crippen molar-refractivity contribution < 1.29 is 36.7 Å². The Hall–Kier alpha value is -5.26. The topological polar surface area (TPSA) is 126 Å². The van der Waals surface area contributed by atoms with Crippen LogP contribution in [0.2, 0.25) is 18.1 Å². The minimum atomic E-state index is -1.94. The van der Waals surface area contributed by atoms with Crippen molar-refractivity contribution in [1.82, 2.24) is 29.6 Å². The molecule has 17 heteroatoms. The van der Waals surface area contributed by atoms with E-state index in [1.54, 1.807) is 34.2 Å². The second-order valence-corrected chi connectivity index (χ2v) is 20.3. The van der Waals surface area contributed by atoms with E-state index in [1.807, 2.05) is 6.07 Å². The van der Waals surface area contributed by atoms with E-state index < -0.39 is 31.6 Å². The van der Waals surface area contributed by atoms with Crippen molar-refractivity contribution in [2.75, 3.05) is 63.0 Å². The zero-order valence-electron chi connectivity index (χ0n) is 32.9. The Kier molecular flexibility index (Phi) is 14.1. The first-order valence-corrected chi connectivity index (χ1v) is 21.6. The van der Waals surface area contributed by atoms with Crippen LogP contribution in [-0.4, -0.2) is 107 Å². The third-order valence-corrected chi connectivity index (χ3v) is 14.6. The zero-order valence-corrected chi connectivity index (χ0v) is 33.9. The van der Waals surface area contributed by atoms with Gasteiger partial charge in [-0.15, -0.1) is 0 Å². The lowest BCUT2D eigenvalue weighted by Crippen LogP contribution is -2.49. The molecule has 2 aromatic heterocycles. The first-order chi connectivity index (χ1) is 27.0. The number of anilines is 2. The van der Waals surface area contributed by atoms with Crippen LogP contribution >= 0.6 is 0 Å². The van der Waals surface area contributed by atoms with E-state index in [4.69, 9.17) is 4.43 Å². The van der Waals surface area contributed by atoms with Crippen LogP contribution in [0.15, 0.2) is 73.1 Å². The minimum Gasteiger partial charge on any atom is -0.542 e. The average molecular weight is 811 g/mol. The highest BCUT2D eigenvalue weighted by Gasteiger charge is 2.39. The summed E-state index contributed by atoms with van der Waals surface area (Å²) in [6.07, 6.45) is 2.91. The van der Waals surface area contributed by atoms with Gasteiger partial charge in [-0.25, -0.2) is 37.1 Å². The summed E-state index contributed by atoms with van der Waals surface area (Å²) >= 11 is 0. The van der Waals surface area contributed by atoms with E-state index in [1.165, 1.54) is 30.5 Å². The van der Waals surface area contributed by atoms with Gasteiger partial charge in [-0.05, 0) is 77.8 Å². The van der Waals surface area contributed by atoms with Gasteiger partial charge in [0.2, 0.25) is 0 Å². The smallest absolute Gasteiger partial charge is 0.323 e. The molecule has 12 nitrogen and oxygen atoms in total. The van der Waals surface area contributed by atoms with Crippen LogP contribution in [0, 0.1) is 23.3 Å². The standard InChI is InChI=1S/C23H32F2N4O2Si.C17H18F2N4O2/c1-23(2,3)32(4,5)31-18-7-9-21(26-15-18)27-22(30)29-12-10-28(11-13-29)16-17-6-8-19(24)20(25)14-17;18-14-3-1-12(9-15(14)19)11-22-5-7-23(8-6-22)17(25)21-16-4-2-13(24)10-20-16/h6-9,14-15H,10-13,16H2,1-5H3,(H,26,27,30);1-4,9-10,24H,5-8,11H2,(H,20,21,25). The molecule has 0 aliphatic carbocycles. The average Bonchev–Trinajstić information content (AvgIpc) is 3.16. The van der Waals surface area contributed by atoms with Gasteiger partial charge in [0.1, 0.15) is 23.1 Å². The van der Waals surface area contributed by atoms with Crippen molar-refractivity contribution in [2.45, 2.75) is 52.0 Å². The van der Waals surface area contributed by atoms with Crippen LogP contribution < -0.4 is 15.1 Å². The molecule has 57 heavy (non-hydrogen) atoms. The van der Waals surface area contributed by atoms with Gasteiger partial charge in [0, 0.05) is 65.4 Å². The number of hydrogen-bond acceptors (Lipinski definition) is 8. The quantitative estimate of drug-likeness (QED) is 0.123. The summed E-state index contributed by atoms with van der Waals surface area (Å²) in [4.78, 5) is 40.6. The van der Waals surface area contributed by atoms with Crippen LogP contribution in [0.4, 0.5) is 38.8 Å². The van der Waals surface area contributed by atoms with Gasteiger partial charge in [0.15, 0.2) is 23.3 Å². The molecule has 306 valence electrons. The van der Waals surface area contributed by atoms with E-state index in [-0.39, 0.29) is 22.9 Å². The van der Waals surface area contributed by atoms with E-state index in [0.29, 0.717) is 94.0 Å². The van der Waals surface area contributed by atoms with Crippen LogP contribution in [0.3, 0.4) is 0 Å². The lowest BCUT2D eigenvalue weighted by Gasteiger charge is -2.36. The summed E-state index contributed by atoms with van der Waals surface area (Å²) in [6.45, 7) is 16.6. The number of aromatic nitrogens is 2. The van der Waals surface area contributed by atoms with E-state index in [9.17, 15) is 32.3 Å². The fourth-order valence-corrected chi connectivity index (χ4v) is 6.83. The van der Waals surface area contributed by atoms with Crippen LogP contribution in [0.25, 0.3) is 0 Å². The molecule has 0 spiro atoms.